The van der Waals surface area contributed by atoms with Crippen LogP contribution in [0, 0.1) is 20.8 Å². The molecule has 0 aliphatic rings. The smallest absolute Gasteiger partial charge is 0.0943 e. The first-order valence-corrected chi connectivity index (χ1v) is 10.1. The van der Waals surface area contributed by atoms with Gasteiger partial charge in [-0.05, 0) is 38.7 Å². The third-order valence-electron chi connectivity index (χ3n) is 3.95. The van der Waals surface area contributed by atoms with Crippen LogP contribution >= 0.6 is 0 Å². The molecule has 0 aliphatic heterocycles. The summed E-state index contributed by atoms with van der Waals surface area (Å²) in [6, 6.07) is 8.16. The van der Waals surface area contributed by atoms with Crippen molar-refractivity contribution in [2.75, 3.05) is 0 Å². The number of aromatic nitrogens is 2. The number of imidazole rings is 1. The van der Waals surface area contributed by atoms with Crippen LogP contribution in [0.4, 0.5) is 0 Å². The molecule has 0 unspecified atom stereocenters. The fraction of sp³-hybridized carbons (Fsp3) is 0.409. The Morgan fingerprint density at radius 1 is 0.794 bits per heavy atom. The van der Waals surface area contributed by atoms with E-state index in [1.54, 1.807) is 12.5 Å². The third-order valence-corrected chi connectivity index (χ3v) is 4.22. The fourth-order valence-electron chi connectivity index (χ4n) is 1.54. The topological polar surface area (TPSA) is 160 Å². The van der Waals surface area contributed by atoms with Gasteiger partial charge >= 0.3 is 0 Å². The number of hydrogen-bond donors (Lipinski definition) is 0. The molecule has 12 heteroatoms. The first kappa shape index (κ1) is 35.6. The molecular formula is C22H31CoN6O4S-5. The van der Waals surface area contributed by atoms with Gasteiger partial charge in [0.1, 0.15) is 0 Å². The van der Waals surface area contributed by atoms with Crippen molar-refractivity contribution in [3.05, 3.63) is 69.4 Å². The van der Waals surface area contributed by atoms with Crippen LogP contribution < -0.4 is 0 Å². The minimum absolute atomic E-state index is 0. The van der Waals surface area contributed by atoms with E-state index in [0.717, 1.165) is 4.90 Å². The van der Waals surface area contributed by atoms with Crippen molar-refractivity contribution >= 4 is 35.5 Å². The quantitative estimate of drug-likeness (QED) is 0.295. The van der Waals surface area contributed by atoms with Gasteiger partial charge in [-0.15, -0.1) is 0 Å². The Bertz CT molecular complexity index is 842. The van der Waals surface area contributed by atoms with Crippen molar-refractivity contribution in [1.29, 1.82) is 0 Å². The second-order valence-electron chi connectivity index (χ2n) is 7.71. The molecule has 1 heterocycles. The van der Waals surface area contributed by atoms with E-state index in [1.807, 2.05) is 29.9 Å². The summed E-state index contributed by atoms with van der Waals surface area (Å²) in [5.41, 5.74) is 2.13. The molecule has 1 radical (unpaired) electrons. The normalized spacial score (nSPS) is 12.0. The largest absolute Gasteiger partial charge is 0.792 e. The van der Waals surface area contributed by atoms with Gasteiger partial charge in [0, 0.05) is 59.1 Å². The fourth-order valence-corrected chi connectivity index (χ4v) is 1.68. The molecular weight excluding hydrogens is 503 g/mol. The summed E-state index contributed by atoms with van der Waals surface area (Å²) < 4.78 is 1.89. The van der Waals surface area contributed by atoms with Crippen molar-refractivity contribution in [2.45, 2.75) is 58.8 Å². The molecule has 2 aromatic rings. The Morgan fingerprint density at radius 2 is 1.15 bits per heavy atom. The van der Waals surface area contributed by atoms with E-state index < -0.39 is 0 Å². The Labute approximate surface area is 217 Å². The standard InChI is InChI=1S/C10H14S.2C4H8N2O2.C4H6N2.Co/c1-10(2,3)8-4-6-9(11)7-5-8;2*1-3(5-7)4(2)6-8;1-6-3-2-5-4-6;/h4-7,11H,1-3H3;2*7-8H,1-2H3;2-4H,1H3;/p-5. The molecule has 1 aromatic carbocycles. The molecule has 10 nitrogen and oxygen atoms in total. The first-order valence-electron chi connectivity index (χ1n) is 9.71. The molecule has 0 N–H and O–H groups in total. The second kappa shape index (κ2) is 19.5. The van der Waals surface area contributed by atoms with Gasteiger partial charge in [0.15, 0.2) is 0 Å². The molecule has 0 aliphatic carbocycles. The van der Waals surface area contributed by atoms with Gasteiger partial charge in [0.25, 0.3) is 0 Å². The number of rotatable bonds is 2. The van der Waals surface area contributed by atoms with Crippen LogP contribution in [0.15, 0.2) is 68.5 Å². The zero-order chi connectivity index (χ0) is 26.0. The molecule has 0 bridgehead atoms. The zero-order valence-electron chi connectivity index (χ0n) is 20.6. The molecule has 0 fully saturated rings. The van der Waals surface area contributed by atoms with E-state index in [4.69, 9.17) is 12.6 Å². The molecule has 0 spiro atoms. The predicted octanol–water partition coefficient (Wildman–Crippen LogP) is 5.12. The maximum absolute atomic E-state index is 9.60. The van der Waals surface area contributed by atoms with Crippen LogP contribution in [0.5, 0.6) is 0 Å². The second-order valence-corrected chi connectivity index (χ2v) is 8.18. The Balaban J connectivity index is -0.000000382. The molecule has 0 saturated carbocycles. The summed E-state index contributed by atoms with van der Waals surface area (Å²) in [6.07, 6.45) is 5.39. The maximum atomic E-state index is 9.60. The Kier molecular flexibility index (Phi) is 20.4. The maximum Gasteiger partial charge on any atom is 0.0943 e. The van der Waals surface area contributed by atoms with Crippen LogP contribution in [0.3, 0.4) is 0 Å². The number of hydrogen-bond acceptors (Lipinski definition) is 10. The van der Waals surface area contributed by atoms with Gasteiger partial charge in [-0.1, -0.05) is 45.0 Å². The van der Waals surface area contributed by atoms with Gasteiger partial charge in [0.05, 0.1) is 6.33 Å². The zero-order valence-corrected chi connectivity index (χ0v) is 22.5. The van der Waals surface area contributed by atoms with Crippen LogP contribution in [-0.4, -0.2) is 32.4 Å². The summed E-state index contributed by atoms with van der Waals surface area (Å²) in [7, 11) is 1.94. The SMILES string of the molecule is CC(=N[O-])C(C)=N[O-].CC(=N[O-])C(C)=N[O-].CC(C)(C)c1ccc([S-])cc1.Cn1ccnc1.[Co]. The Morgan fingerprint density at radius 3 is 1.32 bits per heavy atom. The summed E-state index contributed by atoms with van der Waals surface area (Å²) >= 11 is 4.99. The minimum atomic E-state index is 0. The van der Waals surface area contributed by atoms with Crippen LogP contribution in [0.2, 0.25) is 0 Å². The first-order chi connectivity index (χ1) is 15.3. The van der Waals surface area contributed by atoms with Crippen LogP contribution in [0.25, 0.3) is 0 Å². The minimum Gasteiger partial charge on any atom is -0.792 e. The van der Waals surface area contributed by atoms with Gasteiger partial charge in [-0.3, -0.25) is 0 Å². The predicted molar refractivity (Wildman–Crippen MR) is 140 cm³/mol. The van der Waals surface area contributed by atoms with Crippen molar-refractivity contribution in [3.8, 4) is 0 Å². The third kappa shape index (κ3) is 17.6. The monoisotopic (exact) mass is 534 g/mol. The molecule has 0 atom stereocenters. The number of nitrogens with zero attached hydrogens (tertiary/aromatic N) is 6. The van der Waals surface area contributed by atoms with Crippen molar-refractivity contribution in [1.82, 2.24) is 9.55 Å². The van der Waals surface area contributed by atoms with Gasteiger partial charge in [-0.25, -0.2) is 4.98 Å². The van der Waals surface area contributed by atoms with Gasteiger partial charge in [0.2, 0.25) is 0 Å². The van der Waals surface area contributed by atoms with Crippen molar-refractivity contribution < 1.29 is 16.8 Å². The van der Waals surface area contributed by atoms with Gasteiger partial charge < -0.3 is 58.6 Å². The van der Waals surface area contributed by atoms with Crippen LogP contribution in [0.1, 0.15) is 54.0 Å². The molecule has 0 amide bonds. The van der Waals surface area contributed by atoms with E-state index in [-0.39, 0.29) is 45.0 Å². The van der Waals surface area contributed by atoms with E-state index >= 15 is 0 Å². The van der Waals surface area contributed by atoms with E-state index in [0.29, 0.717) is 0 Å². The van der Waals surface area contributed by atoms with Gasteiger partial charge in [-0.2, -0.15) is 4.90 Å². The number of benzene rings is 1. The van der Waals surface area contributed by atoms with Crippen molar-refractivity contribution in [2.24, 2.45) is 27.7 Å². The average molecular weight is 535 g/mol. The van der Waals surface area contributed by atoms with E-state index in [1.165, 1.54) is 33.3 Å². The average Bonchev–Trinajstić information content (AvgIpc) is 3.28. The van der Waals surface area contributed by atoms with E-state index in [9.17, 15) is 20.8 Å². The molecule has 0 saturated heterocycles. The molecule has 34 heavy (non-hydrogen) atoms. The molecule has 193 valence electrons. The Hall–Kier alpha value is -2.96. The summed E-state index contributed by atoms with van der Waals surface area (Å²) in [4.78, 5) is 4.70. The van der Waals surface area contributed by atoms with E-state index in [2.05, 4.69) is 58.5 Å². The summed E-state index contributed by atoms with van der Waals surface area (Å²) in [5.74, 6) is 0. The summed E-state index contributed by atoms with van der Waals surface area (Å²) in [6.45, 7) is 12.3. The number of aryl methyl sites for hydroxylation is 1. The van der Waals surface area contributed by atoms with Crippen LogP contribution in [-0.2, 0) is 41.9 Å². The van der Waals surface area contributed by atoms with Crippen molar-refractivity contribution in [3.63, 3.8) is 0 Å². The molecule has 2 rings (SSSR count). The molecule has 1 aromatic heterocycles. The summed E-state index contributed by atoms with van der Waals surface area (Å²) in [5, 5.41) is 48.4.